The highest BCUT2D eigenvalue weighted by Crippen LogP contribution is 2.46. The lowest BCUT2D eigenvalue weighted by molar-refractivity contribution is 0.455. The molecule has 0 spiro atoms. The molecule has 0 unspecified atom stereocenters. The molecule has 6 heteroatoms. The molecular formula is C43H29N3OSSi. The largest absolute Gasteiger partial charge is 0.455 e. The molecule has 0 saturated heterocycles. The van der Waals surface area contributed by atoms with Crippen molar-refractivity contribution < 1.29 is 4.74 Å². The van der Waals surface area contributed by atoms with Gasteiger partial charge in [0.1, 0.15) is 11.5 Å². The zero-order valence-electron chi connectivity index (χ0n) is 26.4. The maximum atomic E-state index is 6.58. The van der Waals surface area contributed by atoms with E-state index in [0.717, 1.165) is 49.9 Å². The van der Waals surface area contributed by atoms with E-state index in [1.165, 1.54) is 25.6 Å². The van der Waals surface area contributed by atoms with Crippen LogP contribution < -0.4 is 25.5 Å². The van der Waals surface area contributed by atoms with E-state index < -0.39 is 8.07 Å². The molecule has 4 nitrogen and oxygen atoms in total. The summed E-state index contributed by atoms with van der Waals surface area (Å²) in [7, 11) is -2.87. The Morgan fingerprint density at radius 2 is 1.08 bits per heavy atom. The Balaban J connectivity index is 1.23. The number of aromatic nitrogens is 3. The second-order valence-electron chi connectivity index (χ2n) is 12.4. The topological polar surface area (TPSA) is 31.5 Å². The molecule has 10 rings (SSSR count). The van der Waals surface area contributed by atoms with Crippen LogP contribution in [-0.4, -0.2) is 22.0 Å². The van der Waals surface area contributed by atoms with Crippen LogP contribution in [-0.2, 0) is 0 Å². The number of nitrogens with zero attached hydrogens (tertiary/aromatic N) is 3. The van der Waals surface area contributed by atoms with Gasteiger partial charge in [0.2, 0.25) is 5.78 Å². The van der Waals surface area contributed by atoms with E-state index in [-0.39, 0.29) is 0 Å². The van der Waals surface area contributed by atoms with Crippen molar-refractivity contribution in [2.45, 2.75) is 9.79 Å². The Morgan fingerprint density at radius 1 is 0.490 bits per heavy atom. The molecule has 49 heavy (non-hydrogen) atoms. The number of hydrogen-bond donors (Lipinski definition) is 0. The third-order valence-electron chi connectivity index (χ3n) is 9.74. The van der Waals surface area contributed by atoms with Crippen LogP contribution in [0.3, 0.4) is 0 Å². The monoisotopic (exact) mass is 663 g/mol. The summed E-state index contributed by atoms with van der Waals surface area (Å²) in [6, 6.07) is 63.4. The summed E-state index contributed by atoms with van der Waals surface area (Å²) in [4.78, 5) is 7.45. The molecule has 1 aliphatic heterocycles. The SMILES string of the molecule is c1ccc([Si](c2ccccc2)(c2ccc(-n3c4ccccc4n4c5ccccc5nc34)cc2)c2cccc3c2Sc2ccccc2O3)cc1. The number of imidazole rings is 2. The average Bonchev–Trinajstić information content (AvgIpc) is 3.70. The van der Waals surface area contributed by atoms with Gasteiger partial charge in [-0.3, -0.25) is 8.97 Å². The molecule has 9 aromatic rings. The fraction of sp³-hybridized carbons (Fsp3) is 0. The molecule has 0 saturated carbocycles. The molecule has 0 radical (unpaired) electrons. The average molecular weight is 664 g/mol. The smallest absolute Gasteiger partial charge is 0.220 e. The van der Waals surface area contributed by atoms with Gasteiger partial charge in [-0.1, -0.05) is 133 Å². The van der Waals surface area contributed by atoms with Crippen molar-refractivity contribution in [1.29, 1.82) is 0 Å². The Bertz CT molecular complexity index is 2630. The fourth-order valence-electron chi connectivity index (χ4n) is 7.65. The molecule has 0 N–H and O–H groups in total. The van der Waals surface area contributed by atoms with E-state index in [0.29, 0.717) is 0 Å². The molecule has 0 atom stereocenters. The highest BCUT2D eigenvalue weighted by atomic mass is 32.2. The quantitative estimate of drug-likeness (QED) is 0.138. The zero-order chi connectivity index (χ0) is 32.4. The highest BCUT2D eigenvalue weighted by Gasteiger charge is 2.44. The first kappa shape index (κ1) is 28.2. The standard InChI is InChI=1S/C43H29N3OSSi/c1-3-14-31(15-4-1)49(32-16-5-2-6-17-32,41-25-13-23-39-42(41)48-40-24-12-11-22-38(40)47-39)33-28-26-30(27-29-33)45-36-20-9-10-21-37(36)46-35-19-8-7-18-34(35)44-43(45)46/h1-29H. The van der Waals surface area contributed by atoms with Crippen molar-refractivity contribution in [3.63, 3.8) is 0 Å². The van der Waals surface area contributed by atoms with Crippen molar-refractivity contribution >= 4 is 68.4 Å². The molecule has 3 heterocycles. The van der Waals surface area contributed by atoms with Crippen LogP contribution in [0, 0.1) is 0 Å². The number of hydrogen-bond acceptors (Lipinski definition) is 3. The van der Waals surface area contributed by atoms with Gasteiger partial charge in [-0.2, -0.15) is 0 Å². The van der Waals surface area contributed by atoms with Crippen molar-refractivity contribution in [3.05, 3.63) is 176 Å². The molecule has 1 aliphatic rings. The molecule has 0 fully saturated rings. The maximum absolute atomic E-state index is 6.58. The van der Waals surface area contributed by atoms with E-state index in [1.807, 2.05) is 17.8 Å². The summed E-state index contributed by atoms with van der Waals surface area (Å²) in [5, 5.41) is 5.29. The normalized spacial score (nSPS) is 12.6. The van der Waals surface area contributed by atoms with Gasteiger partial charge in [0, 0.05) is 5.69 Å². The van der Waals surface area contributed by atoms with E-state index >= 15 is 0 Å². The lowest BCUT2D eigenvalue weighted by atomic mass is 10.2. The number of fused-ring (bicyclic) bond motifs is 7. The van der Waals surface area contributed by atoms with E-state index in [9.17, 15) is 0 Å². The third kappa shape index (κ3) is 4.21. The molecule has 2 aromatic heterocycles. The van der Waals surface area contributed by atoms with Crippen LogP contribution in [0.2, 0.25) is 0 Å². The number of benzene rings is 7. The van der Waals surface area contributed by atoms with Gasteiger partial charge in [0.15, 0.2) is 8.07 Å². The number of para-hydroxylation sites is 5. The molecule has 7 aromatic carbocycles. The van der Waals surface area contributed by atoms with Crippen LogP contribution in [0.1, 0.15) is 0 Å². The summed E-state index contributed by atoms with van der Waals surface area (Å²) < 4.78 is 11.1. The summed E-state index contributed by atoms with van der Waals surface area (Å²) >= 11 is 1.82. The molecular weight excluding hydrogens is 635 g/mol. The number of ether oxygens (including phenoxy) is 1. The van der Waals surface area contributed by atoms with E-state index in [4.69, 9.17) is 9.72 Å². The van der Waals surface area contributed by atoms with Gasteiger partial charge in [-0.15, -0.1) is 0 Å². The predicted octanol–water partition coefficient (Wildman–Crippen LogP) is 8.07. The molecule has 0 amide bonds. The van der Waals surface area contributed by atoms with Gasteiger partial charge in [-0.05, 0) is 75.3 Å². The van der Waals surface area contributed by atoms with Crippen molar-refractivity contribution in [3.8, 4) is 17.2 Å². The Morgan fingerprint density at radius 3 is 1.84 bits per heavy atom. The van der Waals surface area contributed by atoms with Gasteiger partial charge in [0.05, 0.1) is 31.9 Å². The first-order valence-corrected chi connectivity index (χ1v) is 19.3. The maximum Gasteiger partial charge on any atom is 0.220 e. The minimum absolute atomic E-state index is 0.908. The van der Waals surface area contributed by atoms with Gasteiger partial charge in [-0.25, -0.2) is 4.98 Å². The van der Waals surface area contributed by atoms with Gasteiger partial charge >= 0.3 is 0 Å². The Labute approximate surface area is 288 Å². The second-order valence-corrected chi connectivity index (χ2v) is 17.2. The highest BCUT2D eigenvalue weighted by molar-refractivity contribution is 8.00. The molecule has 0 bridgehead atoms. The Hall–Kier alpha value is -5.82. The number of rotatable bonds is 5. The van der Waals surface area contributed by atoms with Crippen molar-refractivity contribution in [2.75, 3.05) is 0 Å². The lowest BCUT2D eigenvalue weighted by Gasteiger charge is -2.37. The zero-order valence-corrected chi connectivity index (χ0v) is 28.2. The Kier molecular flexibility index (Phi) is 6.41. The summed E-state index contributed by atoms with van der Waals surface area (Å²) in [5.74, 6) is 2.73. The first-order valence-electron chi connectivity index (χ1n) is 16.5. The van der Waals surface area contributed by atoms with Crippen LogP contribution in [0.5, 0.6) is 11.5 Å². The third-order valence-corrected chi connectivity index (χ3v) is 15.9. The first-order chi connectivity index (χ1) is 24.3. The summed E-state index contributed by atoms with van der Waals surface area (Å²) in [6.07, 6.45) is 0. The minimum Gasteiger partial charge on any atom is -0.455 e. The predicted molar refractivity (Wildman–Crippen MR) is 204 cm³/mol. The summed E-state index contributed by atoms with van der Waals surface area (Å²) in [6.45, 7) is 0. The van der Waals surface area contributed by atoms with Crippen LogP contribution in [0.4, 0.5) is 0 Å². The van der Waals surface area contributed by atoms with Gasteiger partial charge < -0.3 is 4.74 Å². The fourth-order valence-corrected chi connectivity index (χ4v) is 14.0. The van der Waals surface area contributed by atoms with E-state index in [1.54, 1.807) is 0 Å². The minimum atomic E-state index is -2.87. The van der Waals surface area contributed by atoms with Crippen LogP contribution in [0.15, 0.2) is 186 Å². The van der Waals surface area contributed by atoms with E-state index in [2.05, 4.69) is 179 Å². The van der Waals surface area contributed by atoms with Crippen molar-refractivity contribution in [1.82, 2.24) is 14.0 Å². The summed E-state index contributed by atoms with van der Waals surface area (Å²) in [5.41, 5.74) is 5.45. The van der Waals surface area contributed by atoms with Gasteiger partial charge in [0.25, 0.3) is 0 Å². The molecule has 0 aliphatic carbocycles. The van der Waals surface area contributed by atoms with Crippen LogP contribution >= 0.6 is 11.8 Å². The lowest BCUT2D eigenvalue weighted by Crippen LogP contribution is -2.75. The second kappa shape index (κ2) is 11.1. The molecule has 232 valence electrons. The van der Waals surface area contributed by atoms with Crippen LogP contribution in [0.25, 0.3) is 33.5 Å². The van der Waals surface area contributed by atoms with Crippen molar-refractivity contribution in [2.24, 2.45) is 0 Å².